The van der Waals surface area contributed by atoms with Crippen LogP contribution in [0.15, 0.2) is 78.9 Å². The number of carbonyl (C=O) groups is 2. The molecule has 0 unspecified atom stereocenters. The van der Waals surface area contributed by atoms with Gasteiger partial charge >= 0.3 is 0 Å². The largest absolute Gasteiger partial charge is 0.326 e. The number of carbonyl (C=O) groups excluding carboxylic acids is 2. The van der Waals surface area contributed by atoms with Crippen LogP contribution in [0.3, 0.4) is 0 Å². The van der Waals surface area contributed by atoms with E-state index in [4.69, 9.17) is 0 Å². The fraction of sp³-hybridized carbons (Fsp3) is 0.200. The second kappa shape index (κ2) is 9.69. The molecule has 148 valence electrons. The minimum absolute atomic E-state index is 0.0511. The molecule has 0 heterocycles. The number of hydrogen-bond acceptors (Lipinski definition) is 2. The first-order valence-electron chi connectivity index (χ1n) is 9.85. The van der Waals surface area contributed by atoms with Crippen LogP contribution in [0.25, 0.3) is 0 Å². The van der Waals surface area contributed by atoms with Crippen molar-refractivity contribution in [2.45, 2.75) is 33.2 Å². The van der Waals surface area contributed by atoms with E-state index in [1.165, 1.54) is 0 Å². The standard InChI is InChI=1S/C25H26N2O2/c1-3-25(29)27(18-20-10-5-4-6-11-20)23-14-8-12-21(16-23)17-24(28)26-22-13-7-9-19(2)15-22/h4-16H,3,17-18H2,1-2H3,(H,26,28). The zero-order valence-corrected chi connectivity index (χ0v) is 16.9. The fourth-order valence-electron chi connectivity index (χ4n) is 3.23. The van der Waals surface area contributed by atoms with Gasteiger partial charge in [0.1, 0.15) is 0 Å². The van der Waals surface area contributed by atoms with Crippen molar-refractivity contribution in [1.29, 1.82) is 0 Å². The highest BCUT2D eigenvalue weighted by molar-refractivity contribution is 5.94. The van der Waals surface area contributed by atoms with Gasteiger partial charge in [0.25, 0.3) is 0 Å². The molecule has 29 heavy (non-hydrogen) atoms. The molecule has 0 aromatic heterocycles. The summed E-state index contributed by atoms with van der Waals surface area (Å²) in [7, 11) is 0. The van der Waals surface area contributed by atoms with Crippen molar-refractivity contribution < 1.29 is 9.59 Å². The second-order valence-electron chi connectivity index (χ2n) is 7.08. The maximum absolute atomic E-state index is 12.6. The number of amides is 2. The molecule has 1 N–H and O–H groups in total. The van der Waals surface area contributed by atoms with Crippen LogP contribution >= 0.6 is 0 Å². The third-order valence-electron chi connectivity index (χ3n) is 4.68. The van der Waals surface area contributed by atoms with Crippen LogP contribution in [-0.2, 0) is 22.6 Å². The lowest BCUT2D eigenvalue weighted by atomic mass is 10.1. The van der Waals surface area contributed by atoms with E-state index >= 15 is 0 Å². The van der Waals surface area contributed by atoms with Crippen molar-refractivity contribution in [3.05, 3.63) is 95.6 Å². The quantitative estimate of drug-likeness (QED) is 0.613. The maximum Gasteiger partial charge on any atom is 0.228 e. The van der Waals surface area contributed by atoms with Crippen molar-refractivity contribution >= 4 is 23.2 Å². The summed E-state index contributed by atoms with van der Waals surface area (Å²) in [5.74, 6) is -0.0283. The Hall–Kier alpha value is -3.40. The van der Waals surface area contributed by atoms with Gasteiger partial charge in [0.2, 0.25) is 11.8 Å². The molecule has 3 aromatic carbocycles. The van der Waals surface area contributed by atoms with Crippen molar-refractivity contribution in [1.82, 2.24) is 0 Å². The minimum atomic E-state index is -0.0795. The van der Waals surface area contributed by atoms with Crippen LogP contribution in [0, 0.1) is 6.92 Å². The van der Waals surface area contributed by atoms with E-state index in [9.17, 15) is 9.59 Å². The molecule has 0 fully saturated rings. The topological polar surface area (TPSA) is 49.4 Å². The Morgan fingerprint density at radius 3 is 2.31 bits per heavy atom. The molecule has 3 aromatic rings. The van der Waals surface area contributed by atoms with Crippen LogP contribution in [0.2, 0.25) is 0 Å². The minimum Gasteiger partial charge on any atom is -0.326 e. The second-order valence-corrected chi connectivity index (χ2v) is 7.08. The monoisotopic (exact) mass is 386 g/mol. The molecular formula is C25H26N2O2. The predicted octanol–water partition coefficient (Wildman–Crippen LogP) is 5.12. The van der Waals surface area contributed by atoms with Gasteiger partial charge in [-0.1, -0.05) is 61.5 Å². The summed E-state index contributed by atoms with van der Waals surface area (Å²) < 4.78 is 0. The molecule has 0 spiro atoms. The zero-order chi connectivity index (χ0) is 20.6. The average molecular weight is 386 g/mol. The van der Waals surface area contributed by atoms with E-state index in [-0.39, 0.29) is 18.2 Å². The lowest BCUT2D eigenvalue weighted by molar-refractivity contribution is -0.118. The summed E-state index contributed by atoms with van der Waals surface area (Å²) in [6, 6.07) is 25.3. The molecule has 0 aliphatic carbocycles. The number of hydrogen-bond donors (Lipinski definition) is 1. The van der Waals surface area contributed by atoms with Crippen LogP contribution < -0.4 is 10.2 Å². The number of benzene rings is 3. The molecular weight excluding hydrogens is 360 g/mol. The number of nitrogens with zero attached hydrogens (tertiary/aromatic N) is 1. The van der Waals surface area contributed by atoms with E-state index in [1.54, 1.807) is 4.90 Å². The number of nitrogens with one attached hydrogen (secondary N) is 1. The molecule has 4 heteroatoms. The van der Waals surface area contributed by atoms with Crippen molar-refractivity contribution in [2.75, 3.05) is 10.2 Å². The van der Waals surface area contributed by atoms with Crippen LogP contribution in [0.5, 0.6) is 0 Å². The van der Waals surface area contributed by atoms with E-state index in [0.717, 1.165) is 28.1 Å². The van der Waals surface area contributed by atoms with Crippen molar-refractivity contribution in [3.63, 3.8) is 0 Å². The highest BCUT2D eigenvalue weighted by Gasteiger charge is 2.15. The van der Waals surface area contributed by atoms with E-state index in [1.807, 2.05) is 92.7 Å². The lowest BCUT2D eigenvalue weighted by Gasteiger charge is -2.23. The smallest absolute Gasteiger partial charge is 0.228 e. The Morgan fingerprint density at radius 1 is 0.862 bits per heavy atom. The van der Waals surface area contributed by atoms with Crippen molar-refractivity contribution in [2.24, 2.45) is 0 Å². The molecule has 0 saturated heterocycles. The third-order valence-corrected chi connectivity index (χ3v) is 4.68. The first-order chi connectivity index (χ1) is 14.0. The fourth-order valence-corrected chi connectivity index (χ4v) is 3.23. The van der Waals surface area contributed by atoms with Gasteiger partial charge in [-0.25, -0.2) is 0 Å². The molecule has 3 rings (SSSR count). The number of rotatable bonds is 7. The maximum atomic E-state index is 12.6. The van der Waals surface area contributed by atoms with Gasteiger partial charge in [-0.05, 0) is 47.9 Å². The van der Waals surface area contributed by atoms with Crippen LogP contribution in [-0.4, -0.2) is 11.8 Å². The first kappa shape index (κ1) is 20.3. The Morgan fingerprint density at radius 2 is 1.59 bits per heavy atom. The van der Waals surface area contributed by atoms with Gasteiger partial charge in [-0.2, -0.15) is 0 Å². The van der Waals surface area contributed by atoms with Crippen molar-refractivity contribution in [3.8, 4) is 0 Å². The van der Waals surface area contributed by atoms with Gasteiger partial charge in [-0.15, -0.1) is 0 Å². The summed E-state index contributed by atoms with van der Waals surface area (Å²) in [6.45, 7) is 4.36. The molecule has 4 nitrogen and oxygen atoms in total. The Labute approximate surface area is 172 Å². The Kier molecular flexibility index (Phi) is 6.80. The first-order valence-corrected chi connectivity index (χ1v) is 9.85. The van der Waals surface area contributed by atoms with Crippen LogP contribution in [0.4, 0.5) is 11.4 Å². The highest BCUT2D eigenvalue weighted by atomic mass is 16.2. The van der Waals surface area contributed by atoms with Gasteiger partial charge in [0.05, 0.1) is 13.0 Å². The van der Waals surface area contributed by atoms with Gasteiger partial charge < -0.3 is 10.2 Å². The molecule has 0 bridgehead atoms. The highest BCUT2D eigenvalue weighted by Crippen LogP contribution is 2.21. The zero-order valence-electron chi connectivity index (χ0n) is 16.9. The van der Waals surface area contributed by atoms with Gasteiger partial charge in [0.15, 0.2) is 0 Å². The summed E-state index contributed by atoms with van der Waals surface area (Å²) >= 11 is 0. The number of anilines is 2. The average Bonchev–Trinajstić information content (AvgIpc) is 2.72. The predicted molar refractivity (Wildman–Crippen MR) is 118 cm³/mol. The SMILES string of the molecule is CCC(=O)N(Cc1ccccc1)c1cccc(CC(=O)Nc2cccc(C)c2)c1. The van der Waals surface area contributed by atoms with Gasteiger partial charge in [0, 0.05) is 17.8 Å². The van der Waals surface area contributed by atoms with Gasteiger partial charge in [-0.3, -0.25) is 9.59 Å². The third kappa shape index (κ3) is 5.79. The van der Waals surface area contributed by atoms with E-state index < -0.39 is 0 Å². The molecule has 0 radical (unpaired) electrons. The molecule has 2 amide bonds. The Balaban J connectivity index is 1.75. The number of aryl methyl sites for hydroxylation is 1. The molecule has 0 aliphatic rings. The summed E-state index contributed by atoms with van der Waals surface area (Å²) in [4.78, 5) is 26.8. The normalized spacial score (nSPS) is 10.4. The van der Waals surface area contributed by atoms with E-state index in [0.29, 0.717) is 13.0 Å². The molecule has 0 saturated carbocycles. The molecule has 0 aliphatic heterocycles. The van der Waals surface area contributed by atoms with Crippen LogP contribution in [0.1, 0.15) is 30.0 Å². The van der Waals surface area contributed by atoms with E-state index in [2.05, 4.69) is 5.32 Å². The summed E-state index contributed by atoms with van der Waals surface area (Å²) in [5, 5.41) is 2.93. The Bertz CT molecular complexity index is 983. The molecule has 0 atom stereocenters. The lowest BCUT2D eigenvalue weighted by Crippen LogP contribution is -2.29. The summed E-state index contributed by atoms with van der Waals surface area (Å²) in [6.07, 6.45) is 0.673. The summed E-state index contributed by atoms with van der Waals surface area (Å²) in [5.41, 5.74) is 4.63.